The average molecular weight is 464 g/mol. The highest BCUT2D eigenvalue weighted by Gasteiger charge is 2.50. The zero-order valence-electron chi connectivity index (χ0n) is 18.7. The number of fused-ring (bicyclic) bond motifs is 1. The second-order valence-corrected chi connectivity index (χ2v) is 7.16. The number of carboxylic acid groups (broad SMARTS) is 1. The van der Waals surface area contributed by atoms with Crippen LogP contribution in [-0.4, -0.2) is 63.7 Å². The van der Waals surface area contributed by atoms with Gasteiger partial charge in [-0.2, -0.15) is 0 Å². The molecule has 0 spiro atoms. The number of amides is 1. The molecule has 0 aliphatic rings. The third-order valence-corrected chi connectivity index (χ3v) is 4.81. The smallest absolute Gasteiger partial charge is 0.344 e. The van der Waals surface area contributed by atoms with Gasteiger partial charge in [-0.1, -0.05) is 6.92 Å². The van der Waals surface area contributed by atoms with Crippen LogP contribution in [0.2, 0.25) is 0 Å². The van der Waals surface area contributed by atoms with Crippen LogP contribution < -0.4 is 14.8 Å². The Bertz CT molecular complexity index is 1100. The van der Waals surface area contributed by atoms with Gasteiger partial charge in [-0.3, -0.25) is 14.9 Å². The number of carbonyl (C=O) groups is 3. The summed E-state index contributed by atoms with van der Waals surface area (Å²) in [5, 5.41) is 23.6. The summed E-state index contributed by atoms with van der Waals surface area (Å²) < 4.78 is 15.4. The van der Waals surface area contributed by atoms with Crippen LogP contribution in [0, 0.1) is 10.1 Å². The maximum Gasteiger partial charge on any atom is 0.344 e. The van der Waals surface area contributed by atoms with Crippen LogP contribution in [0.4, 0.5) is 5.69 Å². The Hall–Kier alpha value is -4.03. The average Bonchev–Trinajstić information content (AvgIpc) is 2.76. The molecular weight excluding hydrogens is 440 g/mol. The molecule has 178 valence electrons. The van der Waals surface area contributed by atoms with Crippen molar-refractivity contribution in [1.29, 1.82) is 0 Å². The number of nitro benzene ring substituents is 1. The number of hydrogen-bond donors (Lipinski definition) is 2. The van der Waals surface area contributed by atoms with Crippen molar-refractivity contribution >= 4 is 34.6 Å². The molecule has 33 heavy (non-hydrogen) atoms. The van der Waals surface area contributed by atoms with Gasteiger partial charge >= 0.3 is 11.9 Å². The normalized spacial score (nSPS) is 13.5. The summed E-state index contributed by atoms with van der Waals surface area (Å²) in [6, 6.07) is 2.17. The number of hydrogen-bond acceptors (Lipinski definition) is 10. The standard InChI is InChI=1S/C20H24N4O9/c1-6-10(2)33-19(28)20(18(26)27,23-11(3)25)9-12-7-13(24(29)30)8-14-15(12)22-17(32-5)16(21-14)31-4/h7-8,10H,6,9H2,1-5H3,(H,23,25)(H,26,27). The summed E-state index contributed by atoms with van der Waals surface area (Å²) in [5.74, 6) is -3.88. The lowest BCUT2D eigenvalue weighted by atomic mass is 9.89. The first-order chi connectivity index (χ1) is 15.5. The minimum absolute atomic E-state index is 0.00532. The van der Waals surface area contributed by atoms with Gasteiger partial charge in [0.1, 0.15) is 5.52 Å². The Balaban J connectivity index is 2.81. The van der Waals surface area contributed by atoms with E-state index in [9.17, 15) is 29.6 Å². The fourth-order valence-corrected chi connectivity index (χ4v) is 3.03. The minimum atomic E-state index is -2.58. The summed E-state index contributed by atoms with van der Waals surface area (Å²) >= 11 is 0. The van der Waals surface area contributed by atoms with E-state index in [1.54, 1.807) is 13.8 Å². The van der Waals surface area contributed by atoms with Crippen LogP contribution in [0.5, 0.6) is 11.8 Å². The van der Waals surface area contributed by atoms with Crippen molar-refractivity contribution in [2.24, 2.45) is 0 Å². The Kier molecular flexibility index (Phi) is 7.69. The number of esters is 1. The number of rotatable bonds is 10. The molecular formula is C20H24N4O9. The summed E-state index contributed by atoms with van der Waals surface area (Å²) in [6.45, 7) is 4.32. The van der Waals surface area contributed by atoms with Gasteiger partial charge in [0.2, 0.25) is 11.4 Å². The van der Waals surface area contributed by atoms with Gasteiger partial charge in [-0.05, 0) is 18.9 Å². The molecule has 1 aromatic carbocycles. The van der Waals surface area contributed by atoms with E-state index >= 15 is 0 Å². The molecule has 0 aliphatic carbocycles. The van der Waals surface area contributed by atoms with Crippen LogP contribution in [-0.2, 0) is 25.5 Å². The van der Waals surface area contributed by atoms with Crippen LogP contribution >= 0.6 is 0 Å². The van der Waals surface area contributed by atoms with Gasteiger partial charge in [0.15, 0.2) is 0 Å². The minimum Gasteiger partial charge on any atom is -0.479 e. The predicted molar refractivity (Wildman–Crippen MR) is 113 cm³/mol. The summed E-state index contributed by atoms with van der Waals surface area (Å²) in [4.78, 5) is 56.3. The number of aliphatic carboxylic acids is 1. The van der Waals surface area contributed by atoms with Gasteiger partial charge in [0.05, 0.1) is 30.8 Å². The number of ether oxygens (including phenoxy) is 3. The van der Waals surface area contributed by atoms with Crippen molar-refractivity contribution in [1.82, 2.24) is 15.3 Å². The molecule has 1 amide bonds. The zero-order chi connectivity index (χ0) is 24.9. The summed E-state index contributed by atoms with van der Waals surface area (Å²) in [7, 11) is 2.60. The molecule has 0 saturated carbocycles. The number of nitrogens with zero attached hydrogens (tertiary/aromatic N) is 3. The molecule has 2 aromatic rings. The number of carbonyl (C=O) groups excluding carboxylic acids is 2. The van der Waals surface area contributed by atoms with Crippen LogP contribution in [0.15, 0.2) is 12.1 Å². The van der Waals surface area contributed by atoms with Crippen LogP contribution in [0.25, 0.3) is 11.0 Å². The molecule has 0 fully saturated rings. The van der Waals surface area contributed by atoms with Gasteiger partial charge in [0, 0.05) is 25.5 Å². The first-order valence-corrected chi connectivity index (χ1v) is 9.79. The van der Waals surface area contributed by atoms with E-state index in [2.05, 4.69) is 15.3 Å². The number of benzene rings is 1. The van der Waals surface area contributed by atoms with E-state index < -0.39 is 46.5 Å². The van der Waals surface area contributed by atoms with E-state index in [0.717, 1.165) is 19.1 Å². The third-order valence-electron chi connectivity index (χ3n) is 4.81. The Morgan fingerprint density at radius 2 is 1.82 bits per heavy atom. The molecule has 2 atom stereocenters. The van der Waals surface area contributed by atoms with Crippen molar-refractivity contribution in [3.05, 3.63) is 27.8 Å². The summed E-state index contributed by atoms with van der Waals surface area (Å²) in [5.41, 5.74) is -3.05. The van der Waals surface area contributed by atoms with Gasteiger partial charge in [-0.15, -0.1) is 0 Å². The molecule has 0 saturated heterocycles. The zero-order valence-corrected chi connectivity index (χ0v) is 18.7. The summed E-state index contributed by atoms with van der Waals surface area (Å²) in [6.07, 6.45) is -0.959. The highest BCUT2D eigenvalue weighted by Crippen LogP contribution is 2.32. The maximum atomic E-state index is 13.0. The fourth-order valence-electron chi connectivity index (χ4n) is 3.03. The number of methoxy groups -OCH3 is 2. The van der Waals surface area contributed by atoms with E-state index in [4.69, 9.17) is 14.2 Å². The number of nitrogens with one attached hydrogen (secondary N) is 1. The largest absolute Gasteiger partial charge is 0.479 e. The second-order valence-electron chi connectivity index (χ2n) is 7.16. The number of nitro groups is 1. The molecule has 1 aromatic heterocycles. The predicted octanol–water partition coefficient (Wildman–Crippen LogP) is 1.40. The van der Waals surface area contributed by atoms with Gasteiger partial charge in [0.25, 0.3) is 17.4 Å². The lowest BCUT2D eigenvalue weighted by molar-refractivity contribution is -0.384. The topological polar surface area (TPSA) is 180 Å². The van der Waals surface area contributed by atoms with Gasteiger partial charge in [-0.25, -0.2) is 19.6 Å². The van der Waals surface area contributed by atoms with E-state index in [0.29, 0.717) is 6.42 Å². The van der Waals surface area contributed by atoms with E-state index in [1.165, 1.54) is 14.2 Å². The fraction of sp³-hybridized carbons (Fsp3) is 0.450. The van der Waals surface area contributed by atoms with E-state index in [1.807, 2.05) is 0 Å². The maximum absolute atomic E-state index is 13.0. The molecule has 13 heteroatoms. The molecule has 2 N–H and O–H groups in total. The van der Waals surface area contributed by atoms with Crippen LogP contribution in [0.3, 0.4) is 0 Å². The second kappa shape index (κ2) is 10.1. The Morgan fingerprint density at radius 1 is 1.21 bits per heavy atom. The molecule has 2 rings (SSSR count). The van der Waals surface area contributed by atoms with Crippen molar-refractivity contribution in [2.45, 2.75) is 45.3 Å². The van der Waals surface area contributed by atoms with Crippen molar-refractivity contribution < 1.29 is 38.6 Å². The van der Waals surface area contributed by atoms with E-state index in [-0.39, 0.29) is 28.4 Å². The number of carboxylic acids is 1. The molecule has 0 aliphatic heterocycles. The quantitative estimate of drug-likeness (QED) is 0.224. The molecule has 1 heterocycles. The number of aromatic nitrogens is 2. The SMILES string of the molecule is CCC(C)OC(=O)C(Cc1cc([N+](=O)[O-])cc2nc(OC)c(OC)nc12)(NC(C)=O)C(=O)O. The lowest BCUT2D eigenvalue weighted by Crippen LogP contribution is -2.62. The number of non-ortho nitro benzene ring substituents is 1. The van der Waals surface area contributed by atoms with Crippen molar-refractivity contribution in [3.63, 3.8) is 0 Å². The molecule has 2 unspecified atom stereocenters. The molecule has 0 radical (unpaired) electrons. The highest BCUT2D eigenvalue weighted by molar-refractivity contribution is 6.07. The lowest BCUT2D eigenvalue weighted by Gasteiger charge is -2.29. The molecule has 0 bridgehead atoms. The Morgan fingerprint density at radius 3 is 2.30 bits per heavy atom. The van der Waals surface area contributed by atoms with Gasteiger partial charge < -0.3 is 24.6 Å². The Labute approximate surface area is 188 Å². The van der Waals surface area contributed by atoms with Crippen LogP contribution in [0.1, 0.15) is 32.8 Å². The monoisotopic (exact) mass is 464 g/mol. The first-order valence-electron chi connectivity index (χ1n) is 9.79. The highest BCUT2D eigenvalue weighted by atomic mass is 16.6. The van der Waals surface area contributed by atoms with Crippen molar-refractivity contribution in [3.8, 4) is 11.8 Å². The molecule has 13 nitrogen and oxygen atoms in total. The van der Waals surface area contributed by atoms with Crippen molar-refractivity contribution in [2.75, 3.05) is 14.2 Å². The first kappa shape index (κ1) is 25.2. The third kappa shape index (κ3) is 5.25.